The molecule has 0 saturated carbocycles. The Balaban J connectivity index is 1.92. The van der Waals surface area contributed by atoms with Crippen molar-refractivity contribution in [2.24, 2.45) is 4.99 Å². The predicted octanol–water partition coefficient (Wildman–Crippen LogP) is 3.46. The first-order valence-corrected chi connectivity index (χ1v) is 11.2. The molecule has 1 aliphatic heterocycles. The van der Waals surface area contributed by atoms with Crippen LogP contribution in [0, 0.1) is 0 Å². The molecule has 0 radical (unpaired) electrons. The van der Waals surface area contributed by atoms with Gasteiger partial charge in [0, 0.05) is 0 Å². The molecule has 0 amide bonds. The second-order valence-corrected chi connectivity index (χ2v) is 8.52. The molecule has 32 heavy (non-hydrogen) atoms. The molecule has 2 aromatic carbocycles. The molecule has 1 aliphatic rings. The summed E-state index contributed by atoms with van der Waals surface area (Å²) in [5.41, 5.74) is 2.24. The first-order chi connectivity index (χ1) is 15.4. The van der Waals surface area contributed by atoms with E-state index in [1.807, 2.05) is 36.4 Å². The van der Waals surface area contributed by atoms with Gasteiger partial charge in [-0.15, -0.1) is 0 Å². The molecule has 1 aromatic heterocycles. The average Bonchev–Trinajstić information content (AvgIpc) is 3.08. The maximum absolute atomic E-state index is 13.5. The van der Waals surface area contributed by atoms with E-state index in [1.165, 1.54) is 11.3 Å². The lowest BCUT2D eigenvalue weighted by Gasteiger charge is -2.24. The van der Waals surface area contributed by atoms with E-state index >= 15 is 0 Å². The minimum Gasteiger partial charge on any atom is -0.495 e. The van der Waals surface area contributed by atoms with E-state index in [-0.39, 0.29) is 12.2 Å². The molecule has 0 N–H and O–H groups in total. The largest absolute Gasteiger partial charge is 0.495 e. The molecule has 0 unspecified atom stereocenters. The van der Waals surface area contributed by atoms with Crippen LogP contribution in [0.1, 0.15) is 31.0 Å². The Kier molecular flexibility index (Phi) is 6.30. The van der Waals surface area contributed by atoms with Crippen LogP contribution >= 0.6 is 22.9 Å². The van der Waals surface area contributed by atoms with Crippen molar-refractivity contribution in [2.75, 3.05) is 13.7 Å². The summed E-state index contributed by atoms with van der Waals surface area (Å²) in [4.78, 5) is 31.4. The van der Waals surface area contributed by atoms with E-state index in [2.05, 4.69) is 4.99 Å². The van der Waals surface area contributed by atoms with Gasteiger partial charge in [-0.1, -0.05) is 59.3 Å². The van der Waals surface area contributed by atoms with E-state index < -0.39 is 12.0 Å². The summed E-state index contributed by atoms with van der Waals surface area (Å²) in [5.74, 6) is 0.0860. The molecule has 0 spiro atoms. The van der Waals surface area contributed by atoms with Gasteiger partial charge in [-0.05, 0) is 43.2 Å². The Labute approximate surface area is 193 Å². The number of esters is 1. The maximum atomic E-state index is 13.5. The van der Waals surface area contributed by atoms with Gasteiger partial charge in [0.15, 0.2) is 4.80 Å². The highest BCUT2D eigenvalue weighted by Crippen LogP contribution is 2.30. The van der Waals surface area contributed by atoms with Gasteiger partial charge in [0.05, 0.1) is 40.6 Å². The third-order valence-corrected chi connectivity index (χ3v) is 6.38. The van der Waals surface area contributed by atoms with E-state index in [1.54, 1.807) is 43.7 Å². The third-order valence-electron chi connectivity index (χ3n) is 5.11. The molecule has 8 heteroatoms. The lowest BCUT2D eigenvalue weighted by Crippen LogP contribution is -2.39. The number of thiazole rings is 1. The summed E-state index contributed by atoms with van der Waals surface area (Å²) >= 11 is 7.51. The van der Waals surface area contributed by atoms with Gasteiger partial charge in [-0.3, -0.25) is 9.36 Å². The van der Waals surface area contributed by atoms with Crippen LogP contribution < -0.4 is 19.6 Å². The zero-order chi connectivity index (χ0) is 22.8. The van der Waals surface area contributed by atoms with E-state index in [4.69, 9.17) is 21.1 Å². The fraction of sp³-hybridized carbons (Fsp3) is 0.208. The Morgan fingerprint density at radius 3 is 2.66 bits per heavy atom. The fourth-order valence-electron chi connectivity index (χ4n) is 3.67. The van der Waals surface area contributed by atoms with Gasteiger partial charge in [-0.2, -0.15) is 0 Å². The number of carbonyl (C=O) groups excluding carboxylic acids is 1. The molecule has 1 atom stereocenters. The van der Waals surface area contributed by atoms with Crippen molar-refractivity contribution in [2.45, 2.75) is 19.9 Å². The van der Waals surface area contributed by atoms with Gasteiger partial charge in [-0.25, -0.2) is 9.79 Å². The first kappa shape index (κ1) is 22.0. The molecule has 0 bridgehead atoms. The Morgan fingerprint density at radius 1 is 1.25 bits per heavy atom. The Bertz CT molecular complexity index is 1390. The van der Waals surface area contributed by atoms with Crippen LogP contribution in [0.4, 0.5) is 0 Å². The number of benzene rings is 2. The van der Waals surface area contributed by atoms with E-state index in [0.29, 0.717) is 31.4 Å². The van der Waals surface area contributed by atoms with Crippen LogP contribution in [-0.2, 0) is 9.53 Å². The number of ether oxygens (including phenoxy) is 2. The molecular formula is C24H21ClN2O4S. The lowest BCUT2D eigenvalue weighted by molar-refractivity contribution is -0.139. The van der Waals surface area contributed by atoms with Gasteiger partial charge in [0.1, 0.15) is 5.75 Å². The average molecular weight is 469 g/mol. The normalized spacial score (nSPS) is 15.9. The van der Waals surface area contributed by atoms with Crippen molar-refractivity contribution in [3.63, 3.8) is 0 Å². The number of rotatable bonds is 5. The Hall–Kier alpha value is -3.16. The van der Waals surface area contributed by atoms with E-state index in [9.17, 15) is 9.59 Å². The smallest absolute Gasteiger partial charge is 0.338 e. The number of carbonyl (C=O) groups is 1. The van der Waals surface area contributed by atoms with Crippen LogP contribution in [-0.4, -0.2) is 24.3 Å². The highest BCUT2D eigenvalue weighted by atomic mass is 35.5. The fourth-order valence-corrected chi connectivity index (χ4v) is 4.98. The van der Waals surface area contributed by atoms with Crippen LogP contribution in [0.3, 0.4) is 0 Å². The van der Waals surface area contributed by atoms with Crippen molar-refractivity contribution < 1.29 is 14.3 Å². The number of hydrogen-bond donors (Lipinski definition) is 0. The third kappa shape index (κ3) is 4.01. The minimum absolute atomic E-state index is 0.233. The minimum atomic E-state index is -0.617. The lowest BCUT2D eigenvalue weighted by atomic mass is 9.96. The van der Waals surface area contributed by atoms with Gasteiger partial charge in [0.25, 0.3) is 5.56 Å². The summed E-state index contributed by atoms with van der Waals surface area (Å²) in [6.45, 7) is 3.75. The summed E-state index contributed by atoms with van der Waals surface area (Å²) in [6, 6.07) is 14.1. The summed E-state index contributed by atoms with van der Waals surface area (Å²) in [6.07, 6.45) is 1.76. The summed E-state index contributed by atoms with van der Waals surface area (Å²) in [7, 11) is 1.55. The highest BCUT2D eigenvalue weighted by molar-refractivity contribution is 7.07. The number of nitrogens with zero attached hydrogens (tertiary/aromatic N) is 2. The number of halogens is 1. The summed E-state index contributed by atoms with van der Waals surface area (Å²) < 4.78 is 12.5. The van der Waals surface area contributed by atoms with Crippen LogP contribution in [0.15, 0.2) is 69.6 Å². The molecule has 164 valence electrons. The number of methoxy groups -OCH3 is 1. The molecule has 0 saturated heterocycles. The molecular weight excluding hydrogens is 448 g/mol. The van der Waals surface area contributed by atoms with Crippen LogP contribution in [0.5, 0.6) is 5.75 Å². The number of aromatic nitrogens is 1. The standard InChI is InChI=1S/C24H21ClN2O4S/c1-4-31-23(29)20-14(2)26-24-27(21(20)16-8-6-5-7-9-16)22(28)19(32-24)13-15-10-11-18(30-3)17(25)12-15/h5-13,21H,4H2,1-3H3/b19-13+/t21-/m0/s1. The van der Waals surface area contributed by atoms with Crippen molar-refractivity contribution in [1.82, 2.24) is 4.57 Å². The predicted molar refractivity (Wildman–Crippen MR) is 125 cm³/mol. The van der Waals surface area contributed by atoms with Gasteiger partial charge < -0.3 is 9.47 Å². The highest BCUT2D eigenvalue weighted by Gasteiger charge is 2.33. The van der Waals surface area contributed by atoms with Crippen molar-refractivity contribution in [1.29, 1.82) is 0 Å². The first-order valence-electron chi connectivity index (χ1n) is 10.0. The molecule has 4 rings (SSSR count). The summed E-state index contributed by atoms with van der Waals surface area (Å²) in [5, 5.41) is 0.455. The molecule has 6 nitrogen and oxygen atoms in total. The SMILES string of the molecule is CCOC(=O)C1=C(C)N=c2s/c(=C/c3ccc(OC)c(Cl)c3)c(=O)n2[C@H]1c1ccccc1. The quantitative estimate of drug-likeness (QED) is 0.538. The zero-order valence-corrected chi connectivity index (χ0v) is 19.4. The van der Waals surface area contributed by atoms with Gasteiger partial charge in [0.2, 0.25) is 0 Å². The number of fused-ring (bicyclic) bond motifs is 1. The van der Waals surface area contributed by atoms with Gasteiger partial charge >= 0.3 is 5.97 Å². The second kappa shape index (κ2) is 9.14. The van der Waals surface area contributed by atoms with Crippen molar-refractivity contribution in [3.05, 3.63) is 95.6 Å². The number of allylic oxidation sites excluding steroid dienone is 1. The van der Waals surface area contributed by atoms with E-state index in [0.717, 1.165) is 11.1 Å². The zero-order valence-electron chi connectivity index (χ0n) is 17.8. The number of hydrogen-bond acceptors (Lipinski definition) is 6. The second-order valence-electron chi connectivity index (χ2n) is 7.11. The van der Waals surface area contributed by atoms with Crippen molar-refractivity contribution in [3.8, 4) is 5.75 Å². The monoisotopic (exact) mass is 468 g/mol. The molecule has 2 heterocycles. The Morgan fingerprint density at radius 2 is 2.00 bits per heavy atom. The topological polar surface area (TPSA) is 69.9 Å². The molecule has 0 aliphatic carbocycles. The van der Waals surface area contributed by atoms with Crippen LogP contribution in [0.25, 0.3) is 6.08 Å². The molecule has 0 fully saturated rings. The van der Waals surface area contributed by atoms with Crippen molar-refractivity contribution >= 4 is 35.0 Å². The van der Waals surface area contributed by atoms with Crippen LogP contribution in [0.2, 0.25) is 5.02 Å². The maximum Gasteiger partial charge on any atom is 0.338 e. The molecule has 3 aromatic rings.